The Morgan fingerprint density at radius 2 is 1.22 bits per heavy atom. The van der Waals surface area contributed by atoms with Crippen LogP contribution in [0.15, 0.2) is 36.4 Å². The number of hydrogen-bond donors (Lipinski definition) is 2. The highest BCUT2D eigenvalue weighted by molar-refractivity contribution is 5.56. The molecule has 0 spiro atoms. The summed E-state index contributed by atoms with van der Waals surface area (Å²) in [5.74, 6) is 1.53. The predicted molar refractivity (Wildman–Crippen MR) is 111 cm³/mol. The molecule has 2 saturated carbocycles. The quantitative estimate of drug-likeness (QED) is 0.627. The molecule has 0 atom stereocenters. The molecule has 2 N–H and O–H groups in total. The molecule has 0 unspecified atom stereocenters. The minimum atomic E-state index is 0.275. The van der Waals surface area contributed by atoms with Crippen LogP contribution in [0.4, 0.5) is 0 Å². The van der Waals surface area contributed by atoms with E-state index >= 15 is 0 Å². The molecule has 2 nitrogen and oxygen atoms in total. The fourth-order valence-corrected chi connectivity index (χ4v) is 5.40. The first-order chi connectivity index (χ1) is 13.2. The zero-order valence-corrected chi connectivity index (χ0v) is 16.3. The van der Waals surface area contributed by atoms with Crippen molar-refractivity contribution in [3.63, 3.8) is 0 Å². The van der Waals surface area contributed by atoms with Crippen molar-refractivity contribution in [3.05, 3.63) is 58.7 Å². The van der Waals surface area contributed by atoms with Gasteiger partial charge in [-0.05, 0) is 48.6 Å². The Labute approximate surface area is 163 Å². The molecular formula is C25H32O2. The zero-order chi connectivity index (χ0) is 18.6. The van der Waals surface area contributed by atoms with Crippen LogP contribution in [0.25, 0.3) is 0 Å². The molecule has 2 aromatic rings. The summed E-state index contributed by atoms with van der Waals surface area (Å²) in [5, 5.41) is 21.7. The van der Waals surface area contributed by atoms with Gasteiger partial charge in [0.15, 0.2) is 0 Å². The number of rotatable bonds is 4. The Bertz CT molecular complexity index is 754. The van der Waals surface area contributed by atoms with E-state index in [1.54, 1.807) is 6.07 Å². The Morgan fingerprint density at radius 1 is 0.667 bits per heavy atom. The van der Waals surface area contributed by atoms with Gasteiger partial charge < -0.3 is 10.2 Å². The van der Waals surface area contributed by atoms with Gasteiger partial charge in [-0.2, -0.15) is 0 Å². The molecule has 27 heavy (non-hydrogen) atoms. The Morgan fingerprint density at radius 3 is 1.81 bits per heavy atom. The summed E-state index contributed by atoms with van der Waals surface area (Å²) >= 11 is 0. The number of phenols is 2. The normalized spacial score (nSPS) is 19.3. The van der Waals surface area contributed by atoms with Gasteiger partial charge in [-0.1, -0.05) is 68.9 Å². The van der Waals surface area contributed by atoms with Crippen LogP contribution in [0.2, 0.25) is 0 Å². The third-order valence-corrected chi connectivity index (χ3v) is 6.72. The molecule has 0 bridgehead atoms. The summed E-state index contributed by atoms with van der Waals surface area (Å²) in [5.41, 5.74) is 4.75. The minimum Gasteiger partial charge on any atom is -0.508 e. The van der Waals surface area contributed by atoms with Gasteiger partial charge >= 0.3 is 0 Å². The van der Waals surface area contributed by atoms with Gasteiger partial charge in [0.25, 0.3) is 0 Å². The monoisotopic (exact) mass is 364 g/mol. The standard InChI is InChI=1S/C25H32O2/c26-22-17-23(27)25(20-14-8-3-9-15-20)24(19-12-6-2-7-13-19)21(22)16-18-10-4-1-5-11-18/h1,4-5,10-11,17,19-20,26-27H,2-3,6-9,12-16H2. The molecule has 2 heteroatoms. The number of hydrogen-bond acceptors (Lipinski definition) is 2. The summed E-state index contributed by atoms with van der Waals surface area (Å²) in [6.07, 6.45) is 13.1. The molecule has 2 aliphatic carbocycles. The minimum absolute atomic E-state index is 0.275. The second kappa shape index (κ2) is 8.37. The number of phenolic OH excluding ortho intramolecular Hbond substituents is 2. The maximum atomic E-state index is 10.9. The van der Waals surface area contributed by atoms with Crippen LogP contribution in [0, 0.1) is 0 Å². The first-order valence-corrected chi connectivity index (χ1v) is 10.9. The Kier molecular flexibility index (Phi) is 5.71. The van der Waals surface area contributed by atoms with E-state index in [1.807, 2.05) is 6.07 Å². The smallest absolute Gasteiger partial charge is 0.123 e. The molecule has 0 amide bonds. The van der Waals surface area contributed by atoms with Crippen molar-refractivity contribution >= 4 is 0 Å². The van der Waals surface area contributed by atoms with E-state index in [2.05, 4.69) is 24.3 Å². The summed E-state index contributed by atoms with van der Waals surface area (Å²) in [7, 11) is 0. The highest BCUT2D eigenvalue weighted by atomic mass is 16.3. The molecule has 0 saturated heterocycles. The van der Waals surface area contributed by atoms with Crippen molar-refractivity contribution in [3.8, 4) is 11.5 Å². The maximum Gasteiger partial charge on any atom is 0.123 e. The summed E-state index contributed by atoms with van der Waals surface area (Å²) in [6.45, 7) is 0. The van der Waals surface area contributed by atoms with Crippen molar-refractivity contribution in [1.29, 1.82) is 0 Å². The van der Waals surface area contributed by atoms with Crippen molar-refractivity contribution < 1.29 is 10.2 Å². The molecule has 0 radical (unpaired) electrons. The van der Waals surface area contributed by atoms with E-state index in [0.717, 1.165) is 12.0 Å². The lowest BCUT2D eigenvalue weighted by Crippen LogP contribution is -2.15. The molecule has 0 aliphatic heterocycles. The molecule has 0 aromatic heterocycles. The highest BCUT2D eigenvalue weighted by Gasteiger charge is 2.30. The molecule has 2 aliphatic rings. The van der Waals surface area contributed by atoms with Crippen LogP contribution in [-0.2, 0) is 6.42 Å². The summed E-state index contributed by atoms with van der Waals surface area (Å²) in [6, 6.07) is 12.1. The van der Waals surface area contributed by atoms with E-state index in [9.17, 15) is 10.2 Å². The third kappa shape index (κ3) is 4.00. The molecular weight excluding hydrogens is 332 g/mol. The highest BCUT2D eigenvalue weighted by Crippen LogP contribution is 2.48. The molecule has 2 fully saturated rings. The van der Waals surface area contributed by atoms with Gasteiger partial charge in [0.1, 0.15) is 11.5 Å². The van der Waals surface area contributed by atoms with E-state index in [-0.39, 0.29) is 5.75 Å². The van der Waals surface area contributed by atoms with Crippen molar-refractivity contribution in [2.75, 3.05) is 0 Å². The van der Waals surface area contributed by atoms with E-state index in [4.69, 9.17) is 0 Å². The second-order valence-electron chi connectivity index (χ2n) is 8.55. The van der Waals surface area contributed by atoms with Crippen LogP contribution in [0.5, 0.6) is 11.5 Å². The third-order valence-electron chi connectivity index (χ3n) is 6.72. The average molecular weight is 365 g/mol. The van der Waals surface area contributed by atoms with Gasteiger partial charge in [-0.25, -0.2) is 0 Å². The topological polar surface area (TPSA) is 40.5 Å². The summed E-state index contributed by atoms with van der Waals surface area (Å²) < 4.78 is 0. The van der Waals surface area contributed by atoms with Crippen LogP contribution in [0.1, 0.15) is 98.3 Å². The van der Waals surface area contributed by atoms with Gasteiger partial charge in [0.05, 0.1) is 0 Å². The fourth-order valence-electron chi connectivity index (χ4n) is 5.40. The van der Waals surface area contributed by atoms with E-state index in [1.165, 1.54) is 80.9 Å². The number of aromatic hydroxyl groups is 2. The lowest BCUT2D eigenvalue weighted by molar-refractivity contribution is 0.388. The van der Waals surface area contributed by atoms with E-state index < -0.39 is 0 Å². The maximum absolute atomic E-state index is 10.9. The van der Waals surface area contributed by atoms with Crippen molar-refractivity contribution in [2.45, 2.75) is 82.5 Å². The van der Waals surface area contributed by atoms with Crippen molar-refractivity contribution in [2.24, 2.45) is 0 Å². The van der Waals surface area contributed by atoms with Gasteiger partial charge in [-0.15, -0.1) is 0 Å². The summed E-state index contributed by atoms with van der Waals surface area (Å²) in [4.78, 5) is 0. The second-order valence-corrected chi connectivity index (χ2v) is 8.55. The van der Waals surface area contributed by atoms with Crippen LogP contribution >= 0.6 is 0 Å². The molecule has 0 heterocycles. The fraction of sp³-hybridized carbons (Fsp3) is 0.520. The lowest BCUT2D eigenvalue weighted by atomic mass is 9.73. The first-order valence-electron chi connectivity index (χ1n) is 10.9. The predicted octanol–water partition coefficient (Wildman–Crippen LogP) is 6.78. The lowest BCUT2D eigenvalue weighted by Gasteiger charge is -2.32. The van der Waals surface area contributed by atoms with Crippen molar-refractivity contribution in [1.82, 2.24) is 0 Å². The van der Waals surface area contributed by atoms with Crippen LogP contribution in [0.3, 0.4) is 0 Å². The average Bonchev–Trinajstić information content (AvgIpc) is 2.72. The van der Waals surface area contributed by atoms with Gasteiger partial charge in [-0.3, -0.25) is 0 Å². The SMILES string of the molecule is Oc1cc(O)c(C2CCCCC2)c(C2CCCCC2)c1Cc1ccccc1. The Balaban J connectivity index is 1.82. The molecule has 2 aromatic carbocycles. The molecule has 4 rings (SSSR count). The van der Waals surface area contributed by atoms with E-state index in [0.29, 0.717) is 17.6 Å². The van der Waals surface area contributed by atoms with Crippen LogP contribution in [-0.4, -0.2) is 10.2 Å². The molecule has 144 valence electrons. The first kappa shape index (κ1) is 18.4. The van der Waals surface area contributed by atoms with Gasteiger partial charge in [0, 0.05) is 23.6 Å². The van der Waals surface area contributed by atoms with Gasteiger partial charge in [0.2, 0.25) is 0 Å². The largest absolute Gasteiger partial charge is 0.508 e. The number of benzene rings is 2. The zero-order valence-electron chi connectivity index (χ0n) is 16.3. The Hall–Kier alpha value is -1.96. The van der Waals surface area contributed by atoms with Crippen LogP contribution < -0.4 is 0 Å².